The molecule has 1 aromatic carbocycles. The van der Waals surface area contributed by atoms with Crippen LogP contribution >= 0.6 is 0 Å². The number of halogens is 2. The van der Waals surface area contributed by atoms with Gasteiger partial charge in [-0.15, -0.1) is 0 Å². The predicted octanol–water partition coefficient (Wildman–Crippen LogP) is 1.51. The second-order valence-corrected chi connectivity index (χ2v) is 7.16. The molecule has 142 valence electrons. The second-order valence-electron chi connectivity index (χ2n) is 7.16. The van der Waals surface area contributed by atoms with E-state index in [0.717, 1.165) is 12.1 Å². The maximum Gasteiger partial charge on any atom is 0.414 e. The van der Waals surface area contributed by atoms with Gasteiger partial charge in [0.25, 0.3) is 0 Å². The van der Waals surface area contributed by atoms with Gasteiger partial charge in [-0.25, -0.2) is 13.6 Å². The zero-order chi connectivity index (χ0) is 18.5. The topological polar surface area (TPSA) is 71.1 Å². The van der Waals surface area contributed by atoms with Crippen LogP contribution in [0.15, 0.2) is 12.1 Å². The van der Waals surface area contributed by atoms with Gasteiger partial charge in [-0.3, -0.25) is 9.69 Å². The molecule has 1 N–H and O–H groups in total. The third-order valence-corrected chi connectivity index (χ3v) is 4.95. The van der Waals surface area contributed by atoms with E-state index in [0.29, 0.717) is 26.3 Å². The van der Waals surface area contributed by atoms with Crippen LogP contribution < -0.4 is 15.1 Å². The number of anilines is 2. The molecule has 3 fully saturated rings. The van der Waals surface area contributed by atoms with E-state index in [4.69, 9.17) is 9.47 Å². The van der Waals surface area contributed by atoms with Gasteiger partial charge in [0.2, 0.25) is 5.91 Å². The Hall–Kier alpha value is -2.42. The molecule has 4 rings (SSSR count). The molecule has 3 aliphatic rings. The predicted molar refractivity (Wildman–Crippen MR) is 90.2 cm³/mol. The highest BCUT2D eigenvalue weighted by molar-refractivity contribution is 5.90. The van der Waals surface area contributed by atoms with Crippen molar-refractivity contribution in [1.29, 1.82) is 0 Å². The first-order valence-corrected chi connectivity index (χ1v) is 8.41. The highest BCUT2D eigenvalue weighted by atomic mass is 19.1. The first-order valence-electron chi connectivity index (χ1n) is 8.41. The highest BCUT2D eigenvalue weighted by Crippen LogP contribution is 2.42. The molecule has 0 unspecified atom stereocenters. The van der Waals surface area contributed by atoms with Gasteiger partial charge in [0.15, 0.2) is 11.6 Å². The van der Waals surface area contributed by atoms with Crippen LogP contribution in [0.3, 0.4) is 0 Å². The summed E-state index contributed by atoms with van der Waals surface area (Å²) in [4.78, 5) is 25.8. The lowest BCUT2D eigenvalue weighted by Gasteiger charge is -2.56. The number of benzene rings is 1. The molecule has 0 aromatic heterocycles. The smallest absolute Gasteiger partial charge is 0.414 e. The number of nitrogens with zero attached hydrogens (tertiary/aromatic N) is 2. The van der Waals surface area contributed by atoms with Crippen molar-refractivity contribution in [3.63, 3.8) is 0 Å². The fraction of sp³-hybridized carbons (Fsp3) is 0.529. The van der Waals surface area contributed by atoms with E-state index in [1.54, 1.807) is 4.90 Å². The number of carbonyl (C=O) groups is 2. The molecule has 2 amide bonds. The van der Waals surface area contributed by atoms with E-state index >= 15 is 0 Å². The number of amides is 2. The summed E-state index contributed by atoms with van der Waals surface area (Å²) in [5, 5.41) is 2.55. The molecule has 3 aliphatic heterocycles. The summed E-state index contributed by atoms with van der Waals surface area (Å²) in [6.45, 7) is 3.99. The SMILES string of the molecule is CC(=O)NC[C@H]1CN(c2cc(F)c(N3CC4(COC4)C3)c(F)c2)C(=O)O1.[HH]. The summed E-state index contributed by atoms with van der Waals surface area (Å²) in [5.74, 6) is -1.67. The number of carbonyl (C=O) groups excluding carboxylic acids is 2. The van der Waals surface area contributed by atoms with Crippen molar-refractivity contribution >= 4 is 23.4 Å². The molecule has 3 saturated heterocycles. The van der Waals surface area contributed by atoms with E-state index in [1.165, 1.54) is 11.8 Å². The van der Waals surface area contributed by atoms with Crippen LogP contribution in [0.4, 0.5) is 25.0 Å². The molecular weight excluding hydrogens is 348 g/mol. The number of rotatable bonds is 4. The molecule has 7 nitrogen and oxygen atoms in total. The minimum absolute atomic E-state index is 0. The maximum absolute atomic E-state index is 14.5. The minimum atomic E-state index is -0.715. The lowest BCUT2D eigenvalue weighted by atomic mass is 9.77. The van der Waals surface area contributed by atoms with Gasteiger partial charge in [-0.1, -0.05) is 0 Å². The Morgan fingerprint density at radius 2 is 2.00 bits per heavy atom. The van der Waals surface area contributed by atoms with Crippen molar-refractivity contribution in [2.24, 2.45) is 5.41 Å². The first-order chi connectivity index (χ1) is 12.4. The maximum atomic E-state index is 14.5. The Labute approximate surface area is 150 Å². The Kier molecular flexibility index (Phi) is 3.98. The van der Waals surface area contributed by atoms with Gasteiger partial charge in [0, 0.05) is 33.6 Å². The average Bonchev–Trinajstić information content (AvgIpc) is 2.85. The summed E-state index contributed by atoms with van der Waals surface area (Å²) < 4.78 is 39.4. The van der Waals surface area contributed by atoms with E-state index in [2.05, 4.69) is 5.32 Å². The number of cyclic esters (lactones) is 1. The van der Waals surface area contributed by atoms with Gasteiger partial charge in [0.1, 0.15) is 11.8 Å². The first kappa shape index (κ1) is 17.0. The van der Waals surface area contributed by atoms with Gasteiger partial charge >= 0.3 is 6.09 Å². The van der Waals surface area contributed by atoms with Gasteiger partial charge < -0.3 is 19.7 Å². The van der Waals surface area contributed by atoms with E-state index in [9.17, 15) is 18.4 Å². The van der Waals surface area contributed by atoms with E-state index in [-0.39, 0.29) is 37.2 Å². The van der Waals surface area contributed by atoms with Crippen molar-refractivity contribution < 1.29 is 29.3 Å². The Balaban J connectivity index is 0.00000210. The molecule has 9 heteroatoms. The molecule has 1 aromatic rings. The van der Waals surface area contributed by atoms with Crippen LogP contribution in [-0.4, -0.2) is 57.5 Å². The summed E-state index contributed by atoms with van der Waals surface area (Å²) >= 11 is 0. The third-order valence-electron chi connectivity index (χ3n) is 4.95. The molecule has 0 radical (unpaired) electrons. The minimum Gasteiger partial charge on any atom is -0.442 e. The number of hydrogen-bond acceptors (Lipinski definition) is 5. The lowest BCUT2D eigenvalue weighted by Crippen LogP contribution is -2.66. The van der Waals surface area contributed by atoms with Crippen LogP contribution in [-0.2, 0) is 14.3 Å². The van der Waals surface area contributed by atoms with Crippen molar-refractivity contribution in [2.75, 3.05) is 49.2 Å². The van der Waals surface area contributed by atoms with Crippen molar-refractivity contribution in [3.05, 3.63) is 23.8 Å². The zero-order valence-electron chi connectivity index (χ0n) is 14.3. The number of nitrogens with one attached hydrogen (secondary N) is 1. The molecule has 1 spiro atoms. The van der Waals surface area contributed by atoms with Gasteiger partial charge in [0.05, 0.1) is 37.4 Å². The monoisotopic (exact) mass is 369 g/mol. The van der Waals surface area contributed by atoms with Gasteiger partial charge in [-0.2, -0.15) is 0 Å². The number of hydrogen-bond donors (Lipinski definition) is 1. The summed E-state index contributed by atoms with van der Waals surface area (Å²) in [6, 6.07) is 2.28. The summed E-state index contributed by atoms with van der Waals surface area (Å²) in [5.41, 5.74) is 0.0580. The van der Waals surface area contributed by atoms with Gasteiger partial charge in [-0.05, 0) is 0 Å². The lowest BCUT2D eigenvalue weighted by molar-refractivity contribution is -0.127. The van der Waals surface area contributed by atoms with Crippen molar-refractivity contribution in [1.82, 2.24) is 5.32 Å². The Bertz CT molecular complexity index is 744. The average molecular weight is 369 g/mol. The standard InChI is InChI=1S/C17H19F2N3O4.H2/c1-10(23)20-4-12-5-22(16(24)26-12)11-2-13(18)15(14(19)3-11)21-6-17(7-21)8-25-9-17;/h2-3,12H,4-9H2,1H3,(H,20,23);1H/t12-;/m0./s1. The molecule has 0 saturated carbocycles. The van der Waals surface area contributed by atoms with E-state index < -0.39 is 23.8 Å². The summed E-state index contributed by atoms with van der Waals surface area (Å²) in [7, 11) is 0. The van der Waals surface area contributed by atoms with Crippen LogP contribution in [0, 0.1) is 17.0 Å². The van der Waals surface area contributed by atoms with Crippen LogP contribution in [0.5, 0.6) is 0 Å². The third kappa shape index (κ3) is 2.86. The van der Waals surface area contributed by atoms with Crippen molar-refractivity contribution in [3.8, 4) is 0 Å². The molecule has 0 aliphatic carbocycles. The van der Waals surface area contributed by atoms with Crippen molar-refractivity contribution in [2.45, 2.75) is 13.0 Å². The highest BCUT2D eigenvalue weighted by Gasteiger charge is 2.50. The number of ether oxygens (including phenoxy) is 2. The second kappa shape index (κ2) is 6.08. The Morgan fingerprint density at radius 1 is 1.35 bits per heavy atom. The largest absolute Gasteiger partial charge is 0.442 e. The van der Waals surface area contributed by atoms with Crippen LogP contribution in [0.1, 0.15) is 8.35 Å². The van der Waals surface area contributed by atoms with Crippen LogP contribution in [0.25, 0.3) is 0 Å². The Morgan fingerprint density at radius 3 is 2.54 bits per heavy atom. The van der Waals surface area contributed by atoms with E-state index in [1.807, 2.05) is 0 Å². The summed E-state index contributed by atoms with van der Waals surface area (Å²) in [6.07, 6.45) is -1.26. The zero-order valence-corrected chi connectivity index (χ0v) is 14.3. The normalized spacial score (nSPS) is 23.5. The fourth-order valence-corrected chi connectivity index (χ4v) is 3.60. The molecule has 26 heavy (non-hydrogen) atoms. The molecule has 3 heterocycles. The van der Waals surface area contributed by atoms with Crippen LogP contribution in [0.2, 0.25) is 0 Å². The fourth-order valence-electron chi connectivity index (χ4n) is 3.60. The molecule has 1 atom stereocenters. The quantitative estimate of drug-likeness (QED) is 0.871. The molecular formula is C17H21F2N3O4. The molecule has 0 bridgehead atoms.